The van der Waals surface area contributed by atoms with Crippen LogP contribution in [0.5, 0.6) is 0 Å². The summed E-state index contributed by atoms with van der Waals surface area (Å²) >= 11 is 0. The van der Waals surface area contributed by atoms with Crippen molar-refractivity contribution in [1.29, 1.82) is 0 Å². The molecular formula is C14H16N2O5. The Morgan fingerprint density at radius 3 is 1.81 bits per heavy atom. The summed E-state index contributed by atoms with van der Waals surface area (Å²) in [5.74, 6) is -2.25. The van der Waals surface area contributed by atoms with E-state index in [9.17, 15) is 14.4 Å². The number of imide groups is 2. The minimum Gasteiger partial charge on any atom is -0.364 e. The Bertz CT molecular complexity index is 518. The van der Waals surface area contributed by atoms with E-state index in [4.69, 9.17) is 9.47 Å². The van der Waals surface area contributed by atoms with Crippen LogP contribution in [0.3, 0.4) is 0 Å². The monoisotopic (exact) mass is 292 g/mol. The molecule has 0 unspecified atom stereocenters. The van der Waals surface area contributed by atoms with Gasteiger partial charge in [-0.2, -0.15) is 0 Å². The van der Waals surface area contributed by atoms with E-state index < -0.39 is 23.8 Å². The van der Waals surface area contributed by atoms with Crippen molar-refractivity contribution in [2.75, 3.05) is 27.7 Å². The summed E-state index contributed by atoms with van der Waals surface area (Å²) in [5, 5.41) is 0. The lowest BCUT2D eigenvalue weighted by atomic mass is 9.94. The van der Waals surface area contributed by atoms with Crippen molar-refractivity contribution < 1.29 is 23.9 Å². The van der Waals surface area contributed by atoms with Crippen molar-refractivity contribution >= 4 is 17.8 Å². The lowest BCUT2D eigenvalue weighted by Crippen LogP contribution is -2.59. The van der Waals surface area contributed by atoms with Gasteiger partial charge < -0.3 is 9.47 Å². The quantitative estimate of drug-likeness (QED) is 0.749. The molecule has 0 spiro atoms. The third-order valence-corrected chi connectivity index (χ3v) is 3.14. The summed E-state index contributed by atoms with van der Waals surface area (Å²) in [4.78, 5) is 38.8. The summed E-state index contributed by atoms with van der Waals surface area (Å²) in [5.41, 5.74) is 0.530. The van der Waals surface area contributed by atoms with E-state index in [-0.39, 0.29) is 13.5 Å². The summed E-state index contributed by atoms with van der Waals surface area (Å²) in [7, 11) is 2.74. The summed E-state index contributed by atoms with van der Waals surface area (Å²) in [6.45, 7) is -0.428. The smallest absolute Gasteiger partial charge is 0.337 e. The molecule has 0 bridgehead atoms. The van der Waals surface area contributed by atoms with Crippen LogP contribution in [-0.4, -0.2) is 55.3 Å². The highest BCUT2D eigenvalue weighted by atomic mass is 16.5. The van der Waals surface area contributed by atoms with Crippen molar-refractivity contribution in [3.05, 3.63) is 35.9 Å². The van der Waals surface area contributed by atoms with Crippen molar-refractivity contribution in [1.82, 2.24) is 9.80 Å². The van der Waals surface area contributed by atoms with Gasteiger partial charge in [0.25, 0.3) is 0 Å². The second-order valence-corrected chi connectivity index (χ2v) is 4.49. The maximum atomic E-state index is 12.4. The van der Waals surface area contributed by atoms with Crippen LogP contribution >= 0.6 is 0 Å². The molecule has 1 saturated heterocycles. The molecule has 7 heteroatoms. The fourth-order valence-electron chi connectivity index (χ4n) is 2.18. The standard InChI is InChI=1S/C14H16N2O5/c1-20-8-15-12(17)11(10-6-4-3-5-7-10)13(18)16(9-21-2)14(15)19/h3-7,11H,8-9H2,1-2H3. The molecule has 1 aliphatic heterocycles. The second kappa shape index (κ2) is 6.47. The molecule has 1 aromatic carbocycles. The van der Waals surface area contributed by atoms with Crippen LogP contribution in [0.25, 0.3) is 0 Å². The highest BCUT2D eigenvalue weighted by molar-refractivity contribution is 6.19. The van der Waals surface area contributed by atoms with Gasteiger partial charge in [0.15, 0.2) is 0 Å². The van der Waals surface area contributed by atoms with Gasteiger partial charge in [0, 0.05) is 14.2 Å². The number of rotatable bonds is 5. The first-order valence-electron chi connectivity index (χ1n) is 6.31. The van der Waals surface area contributed by atoms with Gasteiger partial charge in [0.1, 0.15) is 19.4 Å². The number of amides is 4. The van der Waals surface area contributed by atoms with E-state index in [0.29, 0.717) is 5.56 Å². The van der Waals surface area contributed by atoms with E-state index in [0.717, 1.165) is 9.80 Å². The fourth-order valence-corrected chi connectivity index (χ4v) is 2.18. The van der Waals surface area contributed by atoms with Crippen molar-refractivity contribution in [2.24, 2.45) is 0 Å². The van der Waals surface area contributed by atoms with Gasteiger partial charge in [-0.05, 0) is 5.56 Å². The zero-order valence-corrected chi connectivity index (χ0v) is 11.8. The first-order valence-corrected chi connectivity index (χ1v) is 6.31. The minimum atomic E-state index is -1.06. The molecule has 0 aromatic heterocycles. The Balaban J connectivity index is 2.40. The number of urea groups is 1. The lowest BCUT2D eigenvalue weighted by Gasteiger charge is -2.36. The Morgan fingerprint density at radius 1 is 0.905 bits per heavy atom. The first kappa shape index (κ1) is 15.1. The Kier molecular flexibility index (Phi) is 4.66. The molecule has 0 aliphatic carbocycles. The van der Waals surface area contributed by atoms with Gasteiger partial charge in [-0.25, -0.2) is 14.6 Å². The van der Waals surface area contributed by atoms with E-state index in [1.165, 1.54) is 14.2 Å². The Labute approximate surface area is 122 Å². The molecule has 1 heterocycles. The predicted molar refractivity (Wildman–Crippen MR) is 72.0 cm³/mol. The van der Waals surface area contributed by atoms with E-state index in [2.05, 4.69) is 0 Å². The molecule has 0 saturated carbocycles. The maximum Gasteiger partial charge on any atom is 0.337 e. The summed E-state index contributed by atoms with van der Waals surface area (Å²) in [6.07, 6.45) is 0. The third kappa shape index (κ3) is 2.79. The van der Waals surface area contributed by atoms with Crippen LogP contribution in [0.4, 0.5) is 4.79 Å². The summed E-state index contributed by atoms with van der Waals surface area (Å²) in [6, 6.07) is 7.85. The highest BCUT2D eigenvalue weighted by Crippen LogP contribution is 2.26. The first-order chi connectivity index (χ1) is 10.1. The number of carbonyl (C=O) groups excluding carboxylic acids is 3. The molecule has 4 amide bonds. The van der Waals surface area contributed by atoms with E-state index >= 15 is 0 Å². The van der Waals surface area contributed by atoms with Crippen LogP contribution in [0.2, 0.25) is 0 Å². The average molecular weight is 292 g/mol. The van der Waals surface area contributed by atoms with Crippen LogP contribution in [0.1, 0.15) is 11.5 Å². The lowest BCUT2D eigenvalue weighted by molar-refractivity contribution is -0.150. The van der Waals surface area contributed by atoms with Crippen molar-refractivity contribution in [3.63, 3.8) is 0 Å². The third-order valence-electron chi connectivity index (χ3n) is 3.14. The zero-order chi connectivity index (χ0) is 15.4. The molecule has 1 aliphatic rings. The molecule has 1 fully saturated rings. The number of carbonyl (C=O) groups is 3. The number of benzene rings is 1. The summed E-state index contributed by atoms with van der Waals surface area (Å²) < 4.78 is 9.75. The van der Waals surface area contributed by atoms with Gasteiger partial charge in [-0.1, -0.05) is 30.3 Å². The Morgan fingerprint density at radius 2 is 1.38 bits per heavy atom. The van der Waals surface area contributed by atoms with Gasteiger partial charge in [0.05, 0.1) is 0 Å². The number of nitrogens with zero attached hydrogens (tertiary/aromatic N) is 2. The molecule has 0 radical (unpaired) electrons. The predicted octanol–water partition coefficient (Wildman–Crippen LogP) is 0.769. The molecular weight excluding hydrogens is 276 g/mol. The van der Waals surface area contributed by atoms with E-state index in [1.807, 2.05) is 0 Å². The van der Waals surface area contributed by atoms with Gasteiger partial charge in [0.2, 0.25) is 11.8 Å². The van der Waals surface area contributed by atoms with Gasteiger partial charge in [-0.3, -0.25) is 9.59 Å². The number of ether oxygens (including phenoxy) is 2. The second-order valence-electron chi connectivity index (χ2n) is 4.49. The highest BCUT2D eigenvalue weighted by Gasteiger charge is 2.46. The van der Waals surface area contributed by atoms with Gasteiger partial charge >= 0.3 is 6.03 Å². The van der Waals surface area contributed by atoms with Crippen LogP contribution < -0.4 is 0 Å². The molecule has 21 heavy (non-hydrogen) atoms. The average Bonchev–Trinajstić information content (AvgIpc) is 2.49. The molecule has 0 atom stereocenters. The Hall–Kier alpha value is -2.25. The zero-order valence-electron chi connectivity index (χ0n) is 11.8. The largest absolute Gasteiger partial charge is 0.364 e. The molecule has 0 N–H and O–H groups in total. The SMILES string of the molecule is COCN1C(=O)C(c2ccccc2)C(=O)N(COC)C1=O. The van der Waals surface area contributed by atoms with Crippen LogP contribution in [-0.2, 0) is 19.1 Å². The van der Waals surface area contributed by atoms with Crippen LogP contribution in [0.15, 0.2) is 30.3 Å². The number of hydrogen-bond acceptors (Lipinski definition) is 5. The van der Waals surface area contributed by atoms with Crippen LogP contribution in [0, 0.1) is 0 Å². The normalized spacial score (nSPS) is 16.8. The fraction of sp³-hybridized carbons (Fsp3) is 0.357. The maximum absolute atomic E-state index is 12.4. The van der Waals surface area contributed by atoms with Crippen molar-refractivity contribution in [2.45, 2.75) is 5.92 Å². The molecule has 7 nitrogen and oxygen atoms in total. The number of methoxy groups -OCH3 is 2. The van der Waals surface area contributed by atoms with Crippen molar-refractivity contribution in [3.8, 4) is 0 Å². The van der Waals surface area contributed by atoms with Gasteiger partial charge in [-0.15, -0.1) is 0 Å². The molecule has 2 rings (SSSR count). The topological polar surface area (TPSA) is 76.2 Å². The van der Waals surface area contributed by atoms with E-state index in [1.54, 1.807) is 30.3 Å². The minimum absolute atomic E-state index is 0.214. The number of hydrogen-bond donors (Lipinski definition) is 0. The molecule has 1 aromatic rings. The molecule has 112 valence electrons. The number of barbiturate groups is 1.